The molecule has 0 aliphatic rings. The minimum atomic E-state index is -3.33. The normalized spacial score (nSPS) is 11.5. The van der Waals surface area contributed by atoms with E-state index in [9.17, 15) is 12.8 Å². The summed E-state index contributed by atoms with van der Waals surface area (Å²) in [6.07, 6.45) is 3.95. The zero-order valence-electron chi connectivity index (χ0n) is 11.5. The summed E-state index contributed by atoms with van der Waals surface area (Å²) in [4.78, 5) is 8.19. The summed E-state index contributed by atoms with van der Waals surface area (Å²) in [5.74, 6) is 0.0123. The lowest BCUT2D eigenvalue weighted by molar-refractivity contribution is 0.574. The molecule has 0 saturated heterocycles. The average molecular weight is 318 g/mol. The van der Waals surface area contributed by atoms with E-state index in [1.165, 1.54) is 30.7 Å². The first-order valence-electron chi connectivity index (χ1n) is 6.31. The van der Waals surface area contributed by atoms with E-state index >= 15 is 0 Å². The topological polar surface area (TPSA) is 73.1 Å². The Labute approximate surface area is 126 Å². The molecule has 0 saturated carbocycles. The van der Waals surface area contributed by atoms with Crippen LogP contribution in [0.25, 0.3) is 22.7 Å². The van der Waals surface area contributed by atoms with Gasteiger partial charge in [0.05, 0.1) is 0 Å². The fraction of sp³-hybridized carbons (Fsp3) is 0.0667. The Balaban J connectivity index is 1.92. The molecule has 1 aromatic carbocycles. The summed E-state index contributed by atoms with van der Waals surface area (Å²) in [5.41, 5.74) is 1.80. The van der Waals surface area contributed by atoms with Crippen LogP contribution in [0.2, 0.25) is 0 Å². The van der Waals surface area contributed by atoms with E-state index in [0.717, 1.165) is 6.26 Å². The van der Waals surface area contributed by atoms with Crippen LogP contribution in [0.5, 0.6) is 0 Å². The molecule has 22 heavy (non-hydrogen) atoms. The molecule has 0 aliphatic carbocycles. The number of nitrogens with zero attached hydrogens (tertiary/aromatic N) is 2. The van der Waals surface area contributed by atoms with E-state index in [0.29, 0.717) is 22.7 Å². The smallest absolute Gasteiger partial charge is 0.226 e. The Morgan fingerprint density at radius 2 is 1.73 bits per heavy atom. The maximum absolute atomic E-state index is 12.9. The molecule has 0 atom stereocenters. The quantitative estimate of drug-likeness (QED) is 0.742. The third kappa shape index (κ3) is 2.89. The van der Waals surface area contributed by atoms with Crippen LogP contribution in [0.15, 0.2) is 58.3 Å². The number of halogens is 1. The van der Waals surface area contributed by atoms with Crippen LogP contribution < -0.4 is 0 Å². The van der Waals surface area contributed by atoms with Gasteiger partial charge < -0.3 is 4.42 Å². The van der Waals surface area contributed by atoms with Crippen molar-refractivity contribution in [2.75, 3.05) is 6.26 Å². The molecule has 0 aliphatic heterocycles. The van der Waals surface area contributed by atoms with Crippen molar-refractivity contribution < 1.29 is 17.2 Å². The fourth-order valence-electron chi connectivity index (χ4n) is 1.88. The third-order valence-electron chi connectivity index (χ3n) is 3.01. The Hall–Kier alpha value is -2.54. The van der Waals surface area contributed by atoms with E-state index in [1.54, 1.807) is 18.2 Å². The van der Waals surface area contributed by atoms with Gasteiger partial charge >= 0.3 is 0 Å². The Kier molecular flexibility index (Phi) is 3.50. The SMILES string of the molecule is CS(=O)(=O)c1ccc(-c2coc(-c3ccc(F)cc3)n2)cn1. The predicted molar refractivity (Wildman–Crippen MR) is 78.2 cm³/mol. The van der Waals surface area contributed by atoms with Gasteiger partial charge in [0.1, 0.15) is 17.8 Å². The lowest BCUT2D eigenvalue weighted by Crippen LogP contribution is -1.99. The van der Waals surface area contributed by atoms with Crippen molar-refractivity contribution >= 4 is 9.84 Å². The van der Waals surface area contributed by atoms with Crippen molar-refractivity contribution in [1.82, 2.24) is 9.97 Å². The average Bonchev–Trinajstić information content (AvgIpc) is 2.97. The molecular formula is C15H11FN2O3S. The minimum Gasteiger partial charge on any atom is -0.444 e. The number of oxazole rings is 1. The maximum atomic E-state index is 12.9. The van der Waals surface area contributed by atoms with Crippen molar-refractivity contribution in [3.05, 3.63) is 54.7 Å². The second-order valence-electron chi connectivity index (χ2n) is 4.70. The van der Waals surface area contributed by atoms with Gasteiger partial charge in [-0.05, 0) is 36.4 Å². The van der Waals surface area contributed by atoms with Crippen molar-refractivity contribution in [2.24, 2.45) is 0 Å². The molecular weight excluding hydrogens is 307 g/mol. The zero-order valence-corrected chi connectivity index (χ0v) is 12.3. The van der Waals surface area contributed by atoms with Crippen LogP contribution in [0.4, 0.5) is 4.39 Å². The minimum absolute atomic E-state index is 0.00139. The molecule has 0 radical (unpaired) electrons. The van der Waals surface area contributed by atoms with Gasteiger partial charge in [-0.3, -0.25) is 0 Å². The summed E-state index contributed by atoms with van der Waals surface area (Å²) in [6, 6.07) is 8.79. The lowest BCUT2D eigenvalue weighted by Gasteiger charge is -1.98. The highest BCUT2D eigenvalue weighted by Crippen LogP contribution is 2.24. The molecule has 0 spiro atoms. The summed E-state index contributed by atoms with van der Waals surface area (Å²) in [5, 5.41) is -0.00139. The highest BCUT2D eigenvalue weighted by Gasteiger charge is 2.12. The van der Waals surface area contributed by atoms with Gasteiger partial charge in [0.15, 0.2) is 14.9 Å². The Bertz CT molecular complexity index is 901. The Morgan fingerprint density at radius 1 is 1.05 bits per heavy atom. The first-order valence-corrected chi connectivity index (χ1v) is 8.20. The summed E-state index contributed by atoms with van der Waals surface area (Å²) in [6.45, 7) is 0. The maximum Gasteiger partial charge on any atom is 0.226 e. The standard InChI is InChI=1S/C15H11FN2O3S/c1-22(19,20)14-7-4-11(8-17-14)13-9-21-15(18-13)10-2-5-12(16)6-3-10/h2-9H,1H3. The summed E-state index contributed by atoms with van der Waals surface area (Å²) in [7, 11) is -3.33. The Morgan fingerprint density at radius 3 is 2.32 bits per heavy atom. The molecule has 112 valence electrons. The molecule has 0 N–H and O–H groups in total. The highest BCUT2D eigenvalue weighted by molar-refractivity contribution is 7.90. The van der Waals surface area contributed by atoms with Crippen LogP contribution in [0, 0.1) is 5.82 Å². The zero-order chi connectivity index (χ0) is 15.7. The van der Waals surface area contributed by atoms with E-state index in [4.69, 9.17) is 4.42 Å². The summed E-state index contributed by atoms with van der Waals surface area (Å²) < 4.78 is 41.0. The number of pyridine rings is 1. The van der Waals surface area contributed by atoms with Crippen LogP contribution in [0.3, 0.4) is 0 Å². The molecule has 3 aromatic rings. The second-order valence-corrected chi connectivity index (χ2v) is 6.66. The van der Waals surface area contributed by atoms with Gasteiger partial charge in [0, 0.05) is 23.6 Å². The molecule has 2 aromatic heterocycles. The van der Waals surface area contributed by atoms with Crippen LogP contribution in [0.1, 0.15) is 0 Å². The molecule has 0 unspecified atom stereocenters. The highest BCUT2D eigenvalue weighted by atomic mass is 32.2. The van der Waals surface area contributed by atoms with E-state index in [-0.39, 0.29) is 10.8 Å². The van der Waals surface area contributed by atoms with Gasteiger partial charge in [-0.2, -0.15) is 0 Å². The number of aromatic nitrogens is 2. The lowest BCUT2D eigenvalue weighted by atomic mass is 10.2. The first-order chi connectivity index (χ1) is 10.4. The largest absolute Gasteiger partial charge is 0.444 e. The van der Waals surface area contributed by atoms with Gasteiger partial charge in [-0.25, -0.2) is 22.8 Å². The van der Waals surface area contributed by atoms with E-state index < -0.39 is 9.84 Å². The molecule has 0 bridgehead atoms. The number of sulfone groups is 1. The molecule has 3 rings (SSSR count). The second kappa shape index (κ2) is 5.34. The van der Waals surface area contributed by atoms with Crippen LogP contribution in [-0.2, 0) is 9.84 Å². The van der Waals surface area contributed by atoms with Gasteiger partial charge in [0.25, 0.3) is 0 Å². The first kappa shape index (κ1) is 14.4. The monoisotopic (exact) mass is 318 g/mol. The van der Waals surface area contributed by atoms with Crippen molar-refractivity contribution in [3.63, 3.8) is 0 Å². The summed E-state index contributed by atoms with van der Waals surface area (Å²) >= 11 is 0. The molecule has 0 fully saturated rings. The number of rotatable bonds is 3. The van der Waals surface area contributed by atoms with Gasteiger partial charge in [-0.15, -0.1) is 0 Å². The molecule has 2 heterocycles. The van der Waals surface area contributed by atoms with Gasteiger partial charge in [-0.1, -0.05) is 0 Å². The van der Waals surface area contributed by atoms with Crippen molar-refractivity contribution in [2.45, 2.75) is 5.03 Å². The van der Waals surface area contributed by atoms with Crippen molar-refractivity contribution in [1.29, 1.82) is 0 Å². The molecule has 0 amide bonds. The van der Waals surface area contributed by atoms with Crippen LogP contribution >= 0.6 is 0 Å². The molecule has 7 heteroatoms. The van der Waals surface area contributed by atoms with Crippen LogP contribution in [-0.4, -0.2) is 24.6 Å². The fourth-order valence-corrected chi connectivity index (χ4v) is 2.44. The van der Waals surface area contributed by atoms with Gasteiger partial charge in [0.2, 0.25) is 5.89 Å². The number of benzene rings is 1. The number of hydrogen-bond acceptors (Lipinski definition) is 5. The van der Waals surface area contributed by atoms with Crippen molar-refractivity contribution in [3.8, 4) is 22.7 Å². The predicted octanol–water partition coefficient (Wildman–Crippen LogP) is 2.95. The van der Waals surface area contributed by atoms with E-state index in [1.807, 2.05) is 0 Å². The third-order valence-corrected chi connectivity index (χ3v) is 4.01. The number of hydrogen-bond donors (Lipinski definition) is 0. The van der Waals surface area contributed by atoms with E-state index in [2.05, 4.69) is 9.97 Å². The molecule has 5 nitrogen and oxygen atoms in total.